The molecule has 0 fully saturated rings. The number of nitrogens with one attached hydrogen (secondary N) is 1. The van der Waals surface area contributed by atoms with Gasteiger partial charge in [-0.25, -0.2) is 4.79 Å². The molecule has 0 aliphatic rings. The average Bonchev–Trinajstić information content (AvgIpc) is 3.07. The second-order valence-electron chi connectivity index (χ2n) is 5.40. The Morgan fingerprint density at radius 2 is 1.77 bits per heavy atom. The van der Waals surface area contributed by atoms with Crippen LogP contribution in [0.1, 0.15) is 27.6 Å². The van der Waals surface area contributed by atoms with E-state index in [1.165, 1.54) is 11.3 Å². The van der Waals surface area contributed by atoms with Gasteiger partial charge in [-0.3, -0.25) is 4.79 Å². The quantitative estimate of drug-likeness (QED) is 0.590. The fraction of sp³-hybridized carbons (Fsp3) is 0.100. The molecule has 0 radical (unpaired) electrons. The van der Waals surface area contributed by atoms with Crippen molar-refractivity contribution in [3.8, 4) is 11.1 Å². The summed E-state index contributed by atoms with van der Waals surface area (Å²) < 4.78 is 5.19. The number of ether oxygens (including phenoxy) is 1. The van der Waals surface area contributed by atoms with Crippen LogP contribution in [0, 0.1) is 0 Å². The molecule has 1 heterocycles. The van der Waals surface area contributed by atoms with Gasteiger partial charge in [-0.2, -0.15) is 0 Å². The Bertz CT molecular complexity index is 920. The summed E-state index contributed by atoms with van der Waals surface area (Å²) in [6, 6.07) is 16.0. The molecule has 132 valence electrons. The number of hydrogen-bond acceptors (Lipinski definition) is 4. The van der Waals surface area contributed by atoms with E-state index in [1.807, 2.05) is 23.6 Å². The van der Waals surface area contributed by atoms with E-state index in [1.54, 1.807) is 43.3 Å². The van der Waals surface area contributed by atoms with E-state index >= 15 is 0 Å². The number of benzene rings is 2. The van der Waals surface area contributed by atoms with Gasteiger partial charge in [-0.1, -0.05) is 41.9 Å². The number of esters is 1. The summed E-state index contributed by atoms with van der Waals surface area (Å²) in [5.41, 5.74) is 2.40. The fourth-order valence-electron chi connectivity index (χ4n) is 2.46. The Morgan fingerprint density at radius 3 is 2.42 bits per heavy atom. The first-order valence-corrected chi connectivity index (χ1v) is 9.27. The number of amides is 1. The van der Waals surface area contributed by atoms with Gasteiger partial charge in [0.15, 0.2) is 0 Å². The maximum absolute atomic E-state index is 12.5. The van der Waals surface area contributed by atoms with Crippen molar-refractivity contribution in [3.63, 3.8) is 0 Å². The highest BCUT2D eigenvalue weighted by atomic mass is 35.5. The van der Waals surface area contributed by atoms with E-state index < -0.39 is 5.97 Å². The molecular formula is C20H16ClNO3S. The summed E-state index contributed by atoms with van der Waals surface area (Å²) in [6.07, 6.45) is 0. The number of rotatable bonds is 5. The predicted octanol–water partition coefficient (Wildman–Crippen LogP) is 5.50. The van der Waals surface area contributed by atoms with Crippen molar-refractivity contribution in [2.75, 3.05) is 11.9 Å². The first-order chi connectivity index (χ1) is 12.6. The SMILES string of the molecule is CCOC(=O)c1c(-c2ccc(Cl)cc2)csc1NC(=O)c1ccccc1. The van der Waals surface area contributed by atoms with Gasteiger partial charge in [-0.05, 0) is 36.8 Å². The molecule has 1 aromatic heterocycles. The normalized spacial score (nSPS) is 10.4. The van der Waals surface area contributed by atoms with Gasteiger partial charge in [0, 0.05) is 21.5 Å². The van der Waals surface area contributed by atoms with Crippen LogP contribution in [0.5, 0.6) is 0 Å². The average molecular weight is 386 g/mol. The van der Waals surface area contributed by atoms with Crippen molar-refractivity contribution in [2.45, 2.75) is 6.92 Å². The maximum Gasteiger partial charge on any atom is 0.341 e. The Morgan fingerprint density at radius 1 is 1.08 bits per heavy atom. The first-order valence-electron chi connectivity index (χ1n) is 8.01. The minimum atomic E-state index is -0.470. The lowest BCUT2D eigenvalue weighted by atomic mass is 10.0. The molecule has 0 aliphatic carbocycles. The minimum absolute atomic E-state index is 0.251. The summed E-state index contributed by atoms with van der Waals surface area (Å²) >= 11 is 7.23. The number of carbonyl (C=O) groups is 2. The summed E-state index contributed by atoms with van der Waals surface area (Å²) in [5.74, 6) is -0.747. The third kappa shape index (κ3) is 3.95. The molecule has 0 spiro atoms. The zero-order chi connectivity index (χ0) is 18.5. The highest BCUT2D eigenvalue weighted by Crippen LogP contribution is 2.36. The molecular weight excluding hydrogens is 370 g/mol. The maximum atomic E-state index is 12.5. The van der Waals surface area contributed by atoms with Crippen LogP contribution in [-0.2, 0) is 4.74 Å². The van der Waals surface area contributed by atoms with Crippen LogP contribution in [-0.4, -0.2) is 18.5 Å². The molecule has 4 nitrogen and oxygen atoms in total. The molecule has 0 bridgehead atoms. The van der Waals surface area contributed by atoms with Crippen LogP contribution in [0.15, 0.2) is 60.0 Å². The summed E-state index contributed by atoms with van der Waals surface area (Å²) in [6.45, 7) is 2.00. The smallest absolute Gasteiger partial charge is 0.341 e. The van der Waals surface area contributed by atoms with Crippen molar-refractivity contribution >= 4 is 39.8 Å². The second kappa shape index (κ2) is 8.17. The summed E-state index contributed by atoms with van der Waals surface area (Å²) in [7, 11) is 0. The lowest BCUT2D eigenvalue weighted by molar-refractivity contribution is 0.0529. The van der Waals surface area contributed by atoms with Crippen LogP contribution in [0.2, 0.25) is 5.02 Å². The molecule has 2 aromatic carbocycles. The molecule has 1 amide bonds. The molecule has 0 saturated heterocycles. The van der Waals surface area contributed by atoms with Gasteiger partial charge in [0.1, 0.15) is 10.6 Å². The van der Waals surface area contributed by atoms with Crippen molar-refractivity contribution in [2.24, 2.45) is 0 Å². The van der Waals surface area contributed by atoms with Crippen LogP contribution in [0.25, 0.3) is 11.1 Å². The monoisotopic (exact) mass is 385 g/mol. The largest absolute Gasteiger partial charge is 0.462 e. The topological polar surface area (TPSA) is 55.4 Å². The van der Waals surface area contributed by atoms with Gasteiger partial charge in [-0.15, -0.1) is 11.3 Å². The van der Waals surface area contributed by atoms with Gasteiger partial charge in [0.25, 0.3) is 5.91 Å². The molecule has 0 aliphatic heterocycles. The third-order valence-corrected chi connectivity index (χ3v) is 4.84. The van der Waals surface area contributed by atoms with Crippen molar-refractivity contribution in [1.82, 2.24) is 0 Å². The number of halogens is 1. The van der Waals surface area contributed by atoms with Gasteiger partial charge in [0.05, 0.1) is 6.61 Å². The van der Waals surface area contributed by atoms with Gasteiger partial charge >= 0.3 is 5.97 Å². The molecule has 6 heteroatoms. The van der Waals surface area contributed by atoms with Crippen molar-refractivity contribution in [3.05, 3.63) is 76.1 Å². The number of thiophene rings is 1. The number of carbonyl (C=O) groups excluding carboxylic acids is 2. The highest BCUT2D eigenvalue weighted by Gasteiger charge is 2.23. The standard InChI is InChI=1S/C20H16ClNO3S/c1-2-25-20(24)17-16(13-8-10-15(21)11-9-13)12-26-19(17)22-18(23)14-6-4-3-5-7-14/h3-12H,2H2,1H3,(H,22,23). The van der Waals surface area contributed by atoms with E-state index in [2.05, 4.69) is 5.32 Å². The Hall–Kier alpha value is -2.63. The summed E-state index contributed by atoms with van der Waals surface area (Å²) in [5, 5.41) is 5.72. The number of hydrogen-bond donors (Lipinski definition) is 1. The minimum Gasteiger partial charge on any atom is -0.462 e. The van der Waals surface area contributed by atoms with Crippen LogP contribution >= 0.6 is 22.9 Å². The van der Waals surface area contributed by atoms with E-state index in [0.717, 1.165) is 5.56 Å². The van der Waals surface area contributed by atoms with Crippen LogP contribution < -0.4 is 5.32 Å². The Labute approximate surface area is 160 Å². The van der Waals surface area contributed by atoms with Crippen molar-refractivity contribution < 1.29 is 14.3 Å². The molecule has 3 aromatic rings. The fourth-order valence-corrected chi connectivity index (χ4v) is 3.54. The van der Waals surface area contributed by atoms with Crippen LogP contribution in [0.4, 0.5) is 5.00 Å². The molecule has 26 heavy (non-hydrogen) atoms. The lowest BCUT2D eigenvalue weighted by Crippen LogP contribution is -2.14. The summed E-state index contributed by atoms with van der Waals surface area (Å²) in [4.78, 5) is 25.0. The van der Waals surface area contributed by atoms with E-state index in [0.29, 0.717) is 26.7 Å². The van der Waals surface area contributed by atoms with Crippen molar-refractivity contribution in [1.29, 1.82) is 0 Å². The predicted molar refractivity (Wildman–Crippen MR) is 105 cm³/mol. The number of anilines is 1. The van der Waals surface area contributed by atoms with E-state index in [-0.39, 0.29) is 12.5 Å². The first kappa shape index (κ1) is 18.2. The zero-order valence-corrected chi connectivity index (χ0v) is 15.6. The van der Waals surface area contributed by atoms with Gasteiger partial charge < -0.3 is 10.1 Å². The third-order valence-electron chi connectivity index (χ3n) is 3.69. The lowest BCUT2D eigenvalue weighted by Gasteiger charge is -2.09. The van der Waals surface area contributed by atoms with Gasteiger partial charge in [0.2, 0.25) is 0 Å². The Kier molecular flexibility index (Phi) is 5.71. The second-order valence-corrected chi connectivity index (χ2v) is 6.72. The molecule has 1 N–H and O–H groups in total. The molecule has 0 unspecified atom stereocenters. The Balaban J connectivity index is 1.98. The van der Waals surface area contributed by atoms with Crippen LogP contribution in [0.3, 0.4) is 0 Å². The molecule has 3 rings (SSSR count). The molecule has 0 saturated carbocycles. The highest BCUT2D eigenvalue weighted by molar-refractivity contribution is 7.15. The molecule has 0 atom stereocenters. The zero-order valence-electron chi connectivity index (χ0n) is 14.0. The van der Waals surface area contributed by atoms with E-state index in [9.17, 15) is 9.59 Å². The van der Waals surface area contributed by atoms with E-state index in [4.69, 9.17) is 16.3 Å².